The van der Waals surface area contributed by atoms with Gasteiger partial charge in [0.25, 0.3) is 0 Å². The van der Waals surface area contributed by atoms with Gasteiger partial charge in [-0.15, -0.1) is 0 Å². The second-order valence-electron chi connectivity index (χ2n) is 4.08. The Balaban J connectivity index is 2.84. The number of esters is 1. The topological polar surface area (TPSA) is 110 Å². The summed E-state index contributed by atoms with van der Waals surface area (Å²) in [6, 6.07) is 3.83. The molecule has 1 aromatic rings. The third kappa shape index (κ3) is 5.33. The fraction of sp³-hybridized carbons (Fsp3) is 0.333. The van der Waals surface area contributed by atoms with Crippen LogP contribution in [0.15, 0.2) is 29.2 Å². The Bertz CT molecular complexity index is 613. The smallest absolute Gasteiger partial charge is 0.321 e. The quantitative estimate of drug-likeness (QED) is 0.720. The molecule has 0 fully saturated rings. The Morgan fingerprint density at radius 1 is 1.33 bits per heavy atom. The lowest BCUT2D eigenvalue weighted by Gasteiger charge is -2.14. The van der Waals surface area contributed by atoms with Gasteiger partial charge in [0.15, 0.2) is 0 Å². The summed E-state index contributed by atoms with van der Waals surface area (Å²) in [6.45, 7) is 0. The Morgan fingerprint density at radius 3 is 2.38 bits per heavy atom. The molecule has 0 saturated heterocycles. The number of benzene rings is 1. The first kappa shape index (κ1) is 17.4. The van der Waals surface area contributed by atoms with Crippen molar-refractivity contribution in [2.24, 2.45) is 0 Å². The normalized spacial score (nSPS) is 12.7. The minimum absolute atomic E-state index is 0.115. The summed E-state index contributed by atoms with van der Waals surface area (Å²) >= 11 is 5.66. The summed E-state index contributed by atoms with van der Waals surface area (Å²) in [4.78, 5) is 22.0. The first-order chi connectivity index (χ1) is 9.76. The molecule has 116 valence electrons. The third-order valence-corrected chi connectivity index (χ3v) is 4.32. The van der Waals surface area contributed by atoms with E-state index in [-0.39, 0.29) is 17.7 Å². The summed E-state index contributed by atoms with van der Waals surface area (Å²) in [6.07, 6.45) is -0.425. The van der Waals surface area contributed by atoms with Crippen LogP contribution in [0.3, 0.4) is 0 Å². The van der Waals surface area contributed by atoms with E-state index < -0.39 is 28.0 Å². The third-order valence-electron chi connectivity index (χ3n) is 2.58. The number of hydrogen-bond donors (Lipinski definition) is 2. The lowest BCUT2D eigenvalue weighted by molar-refractivity contribution is -0.142. The second-order valence-corrected chi connectivity index (χ2v) is 6.23. The number of carbonyl (C=O) groups is 2. The molecule has 1 aromatic carbocycles. The van der Waals surface area contributed by atoms with Gasteiger partial charge in [0.2, 0.25) is 10.0 Å². The van der Waals surface area contributed by atoms with Crippen LogP contribution in [0.4, 0.5) is 0 Å². The average molecular weight is 336 g/mol. The Morgan fingerprint density at radius 2 is 1.90 bits per heavy atom. The predicted molar refractivity (Wildman–Crippen MR) is 74.4 cm³/mol. The van der Waals surface area contributed by atoms with E-state index in [1.165, 1.54) is 24.3 Å². The highest BCUT2D eigenvalue weighted by molar-refractivity contribution is 7.89. The number of rotatable bonds is 7. The van der Waals surface area contributed by atoms with Crippen LogP contribution in [0.5, 0.6) is 0 Å². The first-order valence-corrected chi connectivity index (χ1v) is 7.70. The number of sulfonamides is 1. The number of halogens is 1. The van der Waals surface area contributed by atoms with Crippen molar-refractivity contribution in [3.63, 3.8) is 0 Å². The van der Waals surface area contributed by atoms with E-state index in [1.54, 1.807) is 0 Å². The summed E-state index contributed by atoms with van der Waals surface area (Å²) in [7, 11) is -2.85. The molecule has 0 spiro atoms. The van der Waals surface area contributed by atoms with Crippen molar-refractivity contribution in [2.75, 3.05) is 7.11 Å². The monoisotopic (exact) mass is 335 g/mol. The Labute approximate surface area is 126 Å². The molecule has 2 N–H and O–H groups in total. The molecule has 21 heavy (non-hydrogen) atoms. The maximum atomic E-state index is 12.0. The van der Waals surface area contributed by atoms with Crippen molar-refractivity contribution in [3.05, 3.63) is 29.3 Å². The number of carboxylic acids is 1. The molecule has 1 atom stereocenters. The van der Waals surface area contributed by atoms with Crippen LogP contribution >= 0.6 is 11.6 Å². The van der Waals surface area contributed by atoms with Crippen LogP contribution in [0.1, 0.15) is 12.8 Å². The van der Waals surface area contributed by atoms with E-state index in [0.29, 0.717) is 5.02 Å². The maximum absolute atomic E-state index is 12.0. The molecule has 0 aliphatic carbocycles. The van der Waals surface area contributed by atoms with E-state index in [0.717, 1.165) is 7.11 Å². The first-order valence-electron chi connectivity index (χ1n) is 5.84. The van der Waals surface area contributed by atoms with Crippen molar-refractivity contribution in [1.82, 2.24) is 4.72 Å². The minimum Gasteiger partial charge on any atom is -0.480 e. The molecule has 0 bridgehead atoms. The number of methoxy groups -OCH3 is 1. The summed E-state index contributed by atoms with van der Waals surface area (Å²) in [5.41, 5.74) is 0. The molecular formula is C12H14ClNO6S. The van der Waals surface area contributed by atoms with Crippen LogP contribution in [0.2, 0.25) is 5.02 Å². The number of carbonyl (C=O) groups excluding carboxylic acids is 1. The molecule has 7 nitrogen and oxygen atoms in total. The van der Waals surface area contributed by atoms with Crippen LogP contribution in [0, 0.1) is 0 Å². The number of hydrogen-bond acceptors (Lipinski definition) is 5. The van der Waals surface area contributed by atoms with E-state index >= 15 is 0 Å². The van der Waals surface area contributed by atoms with E-state index in [2.05, 4.69) is 4.74 Å². The fourth-order valence-electron chi connectivity index (χ4n) is 1.47. The fourth-order valence-corrected chi connectivity index (χ4v) is 2.82. The molecule has 1 rings (SSSR count). The number of ether oxygens (including phenoxy) is 1. The van der Waals surface area contributed by atoms with Crippen LogP contribution in [-0.4, -0.2) is 38.6 Å². The number of aliphatic carboxylic acids is 1. The predicted octanol–water partition coefficient (Wildman–Crippen LogP) is 1.02. The van der Waals surface area contributed by atoms with Gasteiger partial charge in [-0.2, -0.15) is 4.72 Å². The maximum Gasteiger partial charge on any atom is 0.321 e. The van der Waals surface area contributed by atoms with Crippen LogP contribution < -0.4 is 4.72 Å². The zero-order valence-corrected chi connectivity index (χ0v) is 12.6. The van der Waals surface area contributed by atoms with Gasteiger partial charge in [0, 0.05) is 11.4 Å². The SMILES string of the molecule is COC(=O)CC[C@H](NS(=O)(=O)c1ccc(Cl)cc1)C(=O)O. The minimum atomic E-state index is -4.02. The van der Waals surface area contributed by atoms with Crippen LogP contribution in [0.25, 0.3) is 0 Å². The summed E-state index contributed by atoms with van der Waals surface area (Å²) in [5.74, 6) is -2.00. The van der Waals surface area contributed by atoms with Gasteiger partial charge in [0.05, 0.1) is 12.0 Å². The van der Waals surface area contributed by atoms with Gasteiger partial charge in [0.1, 0.15) is 6.04 Å². The Kier molecular flexibility index (Phi) is 6.13. The van der Waals surface area contributed by atoms with E-state index in [1.807, 2.05) is 4.72 Å². The molecule has 0 amide bonds. The van der Waals surface area contributed by atoms with Gasteiger partial charge in [-0.1, -0.05) is 11.6 Å². The van der Waals surface area contributed by atoms with Crippen molar-refractivity contribution in [3.8, 4) is 0 Å². The van der Waals surface area contributed by atoms with Crippen molar-refractivity contribution in [2.45, 2.75) is 23.8 Å². The van der Waals surface area contributed by atoms with Gasteiger partial charge in [-0.25, -0.2) is 8.42 Å². The molecule has 0 aromatic heterocycles. The average Bonchev–Trinajstić information content (AvgIpc) is 2.43. The molecule has 0 saturated carbocycles. The zero-order valence-electron chi connectivity index (χ0n) is 11.1. The highest BCUT2D eigenvalue weighted by atomic mass is 35.5. The Hall–Kier alpha value is -1.64. The van der Waals surface area contributed by atoms with Crippen LogP contribution in [-0.2, 0) is 24.3 Å². The summed E-state index contributed by atoms with van der Waals surface area (Å²) < 4.78 is 30.5. The van der Waals surface area contributed by atoms with Gasteiger partial charge in [-0.05, 0) is 30.7 Å². The zero-order chi connectivity index (χ0) is 16.0. The number of carboxylic acid groups (broad SMARTS) is 1. The van der Waals surface area contributed by atoms with Crippen molar-refractivity contribution >= 4 is 33.6 Å². The molecule has 0 radical (unpaired) electrons. The van der Waals surface area contributed by atoms with E-state index in [4.69, 9.17) is 16.7 Å². The molecule has 0 unspecified atom stereocenters. The molecule has 0 aliphatic rings. The van der Waals surface area contributed by atoms with E-state index in [9.17, 15) is 18.0 Å². The second kappa shape index (κ2) is 7.39. The largest absolute Gasteiger partial charge is 0.480 e. The molecular weight excluding hydrogens is 322 g/mol. The highest BCUT2D eigenvalue weighted by Gasteiger charge is 2.26. The molecule has 0 heterocycles. The highest BCUT2D eigenvalue weighted by Crippen LogP contribution is 2.15. The summed E-state index contributed by atoms with van der Waals surface area (Å²) in [5, 5.41) is 9.37. The van der Waals surface area contributed by atoms with Gasteiger partial charge in [-0.3, -0.25) is 9.59 Å². The number of nitrogens with one attached hydrogen (secondary N) is 1. The van der Waals surface area contributed by atoms with Gasteiger partial charge < -0.3 is 9.84 Å². The lowest BCUT2D eigenvalue weighted by Crippen LogP contribution is -2.41. The standard InChI is InChI=1S/C12H14ClNO6S/c1-20-11(15)7-6-10(12(16)17)14-21(18,19)9-4-2-8(13)3-5-9/h2-5,10,14H,6-7H2,1H3,(H,16,17)/t10-/m0/s1. The molecule has 0 aliphatic heterocycles. The van der Waals surface area contributed by atoms with Crippen molar-refractivity contribution in [1.29, 1.82) is 0 Å². The van der Waals surface area contributed by atoms with Crippen molar-refractivity contribution < 1.29 is 27.9 Å². The lowest BCUT2D eigenvalue weighted by atomic mass is 10.2. The van der Waals surface area contributed by atoms with Gasteiger partial charge >= 0.3 is 11.9 Å². The molecule has 9 heteroatoms.